The number of esters is 1. The number of nitrogens with zero attached hydrogens (tertiary/aromatic N) is 2. The van der Waals surface area contributed by atoms with Gasteiger partial charge in [0, 0.05) is 11.4 Å². The van der Waals surface area contributed by atoms with Crippen molar-refractivity contribution in [3.63, 3.8) is 0 Å². The van der Waals surface area contributed by atoms with E-state index < -0.39 is 10.8 Å². The van der Waals surface area contributed by atoms with E-state index in [0.717, 1.165) is 27.0 Å². The highest BCUT2D eigenvalue weighted by atomic mass is 35.5. The molecule has 0 amide bonds. The first-order valence-electron chi connectivity index (χ1n) is 11.2. The number of carbonyl (C=O) groups is 1. The zero-order valence-corrected chi connectivity index (χ0v) is 22.1. The van der Waals surface area contributed by atoms with E-state index in [2.05, 4.69) is 4.74 Å². The van der Waals surface area contributed by atoms with Gasteiger partial charge in [0.15, 0.2) is 0 Å². The Bertz CT molecular complexity index is 1310. The molecule has 1 aromatic heterocycles. The third-order valence-electron chi connectivity index (χ3n) is 5.82. The van der Waals surface area contributed by atoms with Gasteiger partial charge in [0.25, 0.3) is 5.17 Å². The number of carbonyl (C=O) groups excluding carboxylic acids is 1. The first kappa shape index (κ1) is 26.0. The van der Waals surface area contributed by atoms with Crippen molar-refractivity contribution in [2.45, 2.75) is 32.0 Å². The van der Waals surface area contributed by atoms with Gasteiger partial charge in [-0.1, -0.05) is 47.2 Å². The van der Waals surface area contributed by atoms with Crippen molar-refractivity contribution in [1.29, 1.82) is 0 Å². The van der Waals surface area contributed by atoms with Gasteiger partial charge >= 0.3 is 10.8 Å². The Labute approximate surface area is 222 Å². The van der Waals surface area contributed by atoms with Crippen LogP contribution in [-0.2, 0) is 27.2 Å². The predicted octanol–water partition coefficient (Wildman–Crippen LogP) is 4.16. The standard InChI is InChI=1S/C25H25ClN2O6S2/c1-15(27-12-20(34-25(27)35)17-4-3-5-18(26)11-17)14-33-19-8-6-16(7-9-19)10-21-23(30)28(24(31)36-21)13-22(29)32-2/h3-9,11,15,20,30H,10,12-14H2,1-2H3/t15-,20+/m1/s1. The molecule has 4 rings (SSSR count). The maximum absolute atomic E-state index is 12.1. The van der Waals surface area contributed by atoms with Crippen LogP contribution < -0.4 is 9.61 Å². The Morgan fingerprint density at radius 2 is 2.06 bits per heavy atom. The maximum Gasteiger partial charge on any atom is 0.325 e. The van der Waals surface area contributed by atoms with Crippen LogP contribution in [0.4, 0.5) is 0 Å². The molecule has 36 heavy (non-hydrogen) atoms. The predicted molar refractivity (Wildman–Crippen MR) is 141 cm³/mol. The largest absolute Gasteiger partial charge is 0.494 e. The quantitative estimate of drug-likeness (QED) is 0.315. The number of aromatic hydroxyl groups is 1. The molecule has 3 aromatic rings. The van der Waals surface area contributed by atoms with Crippen LogP contribution >= 0.6 is 35.2 Å². The van der Waals surface area contributed by atoms with Crippen molar-refractivity contribution in [2.75, 3.05) is 20.3 Å². The highest BCUT2D eigenvalue weighted by Gasteiger charge is 2.32. The van der Waals surface area contributed by atoms with Gasteiger partial charge in [-0.2, -0.15) is 0 Å². The molecule has 1 aliphatic rings. The Morgan fingerprint density at radius 1 is 1.31 bits per heavy atom. The number of aromatic nitrogens is 1. The molecule has 2 atom stereocenters. The van der Waals surface area contributed by atoms with E-state index in [4.69, 9.17) is 33.3 Å². The molecule has 0 saturated carbocycles. The highest BCUT2D eigenvalue weighted by molar-refractivity contribution is 7.80. The SMILES string of the molecule is COC(=O)Cn1c(O)c(Cc2ccc(OC[C@@H](C)N3C[C@@H](c4cccc(Cl)c4)OC3=S)cc2)sc1=O. The fourth-order valence-electron chi connectivity index (χ4n) is 3.81. The van der Waals surface area contributed by atoms with Crippen LogP contribution in [-0.4, -0.2) is 52.0 Å². The summed E-state index contributed by atoms with van der Waals surface area (Å²) in [6.07, 6.45) is 0.175. The first-order chi connectivity index (χ1) is 17.2. The molecule has 1 fully saturated rings. The van der Waals surface area contributed by atoms with Gasteiger partial charge < -0.3 is 24.2 Å². The van der Waals surface area contributed by atoms with Gasteiger partial charge in [-0.3, -0.25) is 14.2 Å². The summed E-state index contributed by atoms with van der Waals surface area (Å²) in [7, 11) is 1.23. The van der Waals surface area contributed by atoms with E-state index in [-0.39, 0.29) is 24.6 Å². The van der Waals surface area contributed by atoms with E-state index in [9.17, 15) is 14.7 Å². The lowest BCUT2D eigenvalue weighted by Gasteiger charge is -2.23. The van der Waals surface area contributed by atoms with E-state index in [1.807, 2.05) is 60.4 Å². The summed E-state index contributed by atoms with van der Waals surface area (Å²) in [5.41, 5.74) is 1.86. The van der Waals surface area contributed by atoms with Crippen LogP contribution in [0.2, 0.25) is 5.02 Å². The van der Waals surface area contributed by atoms with Gasteiger partial charge in [-0.05, 0) is 54.5 Å². The number of thiocarbonyl (C=S) groups is 1. The van der Waals surface area contributed by atoms with Crippen LogP contribution in [0.5, 0.6) is 11.6 Å². The molecule has 0 spiro atoms. The van der Waals surface area contributed by atoms with Crippen LogP contribution in [0.25, 0.3) is 0 Å². The van der Waals surface area contributed by atoms with Gasteiger partial charge in [-0.15, -0.1) is 0 Å². The molecule has 8 nitrogen and oxygen atoms in total. The average Bonchev–Trinajstić information content (AvgIpc) is 3.38. The number of thiazole rings is 1. The second kappa shape index (κ2) is 11.3. The number of ether oxygens (including phenoxy) is 3. The van der Waals surface area contributed by atoms with Gasteiger partial charge in [0.1, 0.15) is 25.0 Å². The van der Waals surface area contributed by atoms with E-state index in [1.54, 1.807) is 0 Å². The molecule has 1 saturated heterocycles. The fourth-order valence-corrected chi connectivity index (χ4v) is 5.29. The Balaban J connectivity index is 1.32. The molecule has 190 valence electrons. The summed E-state index contributed by atoms with van der Waals surface area (Å²) in [5.74, 6) is -0.137. The summed E-state index contributed by atoms with van der Waals surface area (Å²) in [6.45, 7) is 2.72. The lowest BCUT2D eigenvalue weighted by Crippen LogP contribution is -2.37. The van der Waals surface area contributed by atoms with Crippen LogP contribution in [0.3, 0.4) is 0 Å². The molecule has 2 heterocycles. The van der Waals surface area contributed by atoms with Crippen LogP contribution in [0.1, 0.15) is 29.0 Å². The van der Waals surface area contributed by atoms with E-state index in [0.29, 0.717) is 40.4 Å². The third-order valence-corrected chi connectivity index (χ3v) is 7.36. The van der Waals surface area contributed by atoms with Crippen molar-refractivity contribution < 1.29 is 24.1 Å². The van der Waals surface area contributed by atoms with Gasteiger partial charge in [0.2, 0.25) is 5.88 Å². The monoisotopic (exact) mass is 548 g/mol. The van der Waals surface area contributed by atoms with Crippen LogP contribution in [0, 0.1) is 0 Å². The van der Waals surface area contributed by atoms with Gasteiger partial charge in [-0.25, -0.2) is 0 Å². The minimum absolute atomic E-state index is 0.00911. The normalized spacial score (nSPS) is 16.0. The molecular formula is C25H25ClN2O6S2. The summed E-state index contributed by atoms with van der Waals surface area (Å²) < 4.78 is 17.4. The summed E-state index contributed by atoms with van der Waals surface area (Å²) in [5, 5.41) is 11.4. The fraction of sp³-hybridized carbons (Fsp3) is 0.320. The second-order valence-electron chi connectivity index (χ2n) is 8.34. The van der Waals surface area contributed by atoms with Crippen molar-refractivity contribution in [3.8, 4) is 11.6 Å². The number of hydrogen-bond donors (Lipinski definition) is 1. The van der Waals surface area contributed by atoms with Gasteiger partial charge in [0.05, 0.1) is 24.6 Å². The lowest BCUT2D eigenvalue weighted by atomic mass is 10.1. The zero-order chi connectivity index (χ0) is 25.8. The molecule has 11 heteroatoms. The van der Waals surface area contributed by atoms with Crippen molar-refractivity contribution >= 4 is 46.3 Å². The maximum atomic E-state index is 12.1. The third kappa shape index (κ3) is 6.00. The summed E-state index contributed by atoms with van der Waals surface area (Å²) in [6, 6.07) is 15.0. The average molecular weight is 549 g/mol. The number of methoxy groups -OCH3 is 1. The number of benzene rings is 2. The summed E-state index contributed by atoms with van der Waals surface area (Å²) >= 11 is 12.4. The Morgan fingerprint density at radius 3 is 2.75 bits per heavy atom. The van der Waals surface area contributed by atoms with Crippen molar-refractivity contribution in [3.05, 3.63) is 79.2 Å². The molecular weight excluding hydrogens is 524 g/mol. The second-order valence-corrected chi connectivity index (χ2v) is 10.2. The Hall–Kier alpha value is -3.08. The molecule has 1 N–H and O–H groups in total. The number of rotatable bonds is 9. The molecule has 0 bridgehead atoms. The number of halogens is 1. The molecule has 0 aliphatic carbocycles. The lowest BCUT2D eigenvalue weighted by molar-refractivity contribution is -0.141. The minimum atomic E-state index is -0.603. The van der Waals surface area contributed by atoms with Crippen molar-refractivity contribution in [1.82, 2.24) is 9.47 Å². The van der Waals surface area contributed by atoms with Crippen LogP contribution in [0.15, 0.2) is 53.3 Å². The van der Waals surface area contributed by atoms with E-state index in [1.165, 1.54) is 7.11 Å². The minimum Gasteiger partial charge on any atom is -0.494 e. The molecule has 1 aliphatic heterocycles. The summed E-state index contributed by atoms with van der Waals surface area (Å²) in [4.78, 5) is 25.7. The highest BCUT2D eigenvalue weighted by Crippen LogP contribution is 2.29. The molecule has 0 radical (unpaired) electrons. The molecule has 2 aromatic carbocycles. The Kier molecular flexibility index (Phi) is 8.17. The topological polar surface area (TPSA) is 90.2 Å². The zero-order valence-electron chi connectivity index (χ0n) is 19.7. The molecule has 0 unspecified atom stereocenters. The smallest absolute Gasteiger partial charge is 0.325 e. The van der Waals surface area contributed by atoms with E-state index >= 15 is 0 Å². The van der Waals surface area contributed by atoms with Crippen molar-refractivity contribution in [2.24, 2.45) is 0 Å². The number of hydrogen-bond acceptors (Lipinski definition) is 8. The first-order valence-corrected chi connectivity index (χ1v) is 12.8.